The van der Waals surface area contributed by atoms with Crippen LogP contribution in [0.1, 0.15) is 18.7 Å². The predicted octanol–water partition coefficient (Wildman–Crippen LogP) is 3.14. The smallest absolute Gasteiger partial charge is 0.0706 e. The van der Waals surface area contributed by atoms with Gasteiger partial charge in [0, 0.05) is 24.7 Å². The highest BCUT2D eigenvalue weighted by Crippen LogP contribution is 2.23. The van der Waals surface area contributed by atoms with Gasteiger partial charge in [-0.1, -0.05) is 36.4 Å². The van der Waals surface area contributed by atoms with Crippen LogP contribution < -0.4 is 0 Å². The third-order valence-electron chi connectivity index (χ3n) is 3.86. The largest absolute Gasteiger partial charge is 0.379 e. The summed E-state index contributed by atoms with van der Waals surface area (Å²) >= 11 is 0. The van der Waals surface area contributed by atoms with Gasteiger partial charge in [0.05, 0.1) is 24.6 Å². The number of pyridine rings is 1. The van der Waals surface area contributed by atoms with E-state index in [1.165, 1.54) is 5.56 Å². The van der Waals surface area contributed by atoms with Gasteiger partial charge in [-0.2, -0.15) is 0 Å². The Morgan fingerprint density at radius 1 is 1.00 bits per heavy atom. The molecule has 0 saturated carbocycles. The summed E-state index contributed by atoms with van der Waals surface area (Å²) in [7, 11) is 0. The first-order valence-electron chi connectivity index (χ1n) is 7.19. The molecule has 1 atom stereocenters. The van der Waals surface area contributed by atoms with E-state index in [1.54, 1.807) is 0 Å². The van der Waals surface area contributed by atoms with Gasteiger partial charge in [-0.25, -0.2) is 0 Å². The van der Waals surface area contributed by atoms with Crippen molar-refractivity contribution >= 4 is 0 Å². The quantitative estimate of drug-likeness (QED) is 0.855. The summed E-state index contributed by atoms with van der Waals surface area (Å²) in [5, 5.41) is 0. The Balaban J connectivity index is 1.83. The average Bonchev–Trinajstić information content (AvgIpc) is 2.56. The van der Waals surface area contributed by atoms with Crippen molar-refractivity contribution in [2.45, 2.75) is 13.0 Å². The maximum absolute atomic E-state index is 5.42. The van der Waals surface area contributed by atoms with Crippen LogP contribution in [0.5, 0.6) is 0 Å². The van der Waals surface area contributed by atoms with Gasteiger partial charge >= 0.3 is 0 Å². The van der Waals surface area contributed by atoms with E-state index in [2.05, 4.69) is 54.3 Å². The van der Waals surface area contributed by atoms with Gasteiger partial charge in [0.25, 0.3) is 0 Å². The second kappa shape index (κ2) is 6.16. The van der Waals surface area contributed by atoms with E-state index in [0.29, 0.717) is 6.04 Å². The third kappa shape index (κ3) is 2.89. The standard InChI is InChI=1S/C17H20N2O/c1-14(19-10-12-20-13-11-19)16-8-5-9-17(18-16)15-6-3-2-4-7-15/h2-9,14H,10-13H2,1H3/t14-/m0/s1. The van der Waals surface area contributed by atoms with Crippen molar-refractivity contribution in [1.82, 2.24) is 9.88 Å². The fourth-order valence-corrected chi connectivity index (χ4v) is 2.61. The van der Waals surface area contributed by atoms with Gasteiger partial charge in [-0.15, -0.1) is 0 Å². The monoisotopic (exact) mass is 268 g/mol. The molecule has 104 valence electrons. The Bertz CT molecular complexity index is 550. The van der Waals surface area contributed by atoms with Crippen molar-refractivity contribution in [3.63, 3.8) is 0 Å². The molecule has 0 spiro atoms. The van der Waals surface area contributed by atoms with Gasteiger partial charge in [0.2, 0.25) is 0 Å². The molecule has 1 aliphatic heterocycles. The van der Waals surface area contributed by atoms with Crippen LogP contribution in [0.25, 0.3) is 11.3 Å². The Kier molecular flexibility index (Phi) is 4.09. The van der Waals surface area contributed by atoms with E-state index >= 15 is 0 Å². The number of hydrogen-bond donors (Lipinski definition) is 0. The molecule has 2 heterocycles. The molecule has 0 aliphatic carbocycles. The van der Waals surface area contributed by atoms with Crippen molar-refractivity contribution < 1.29 is 4.74 Å². The fraction of sp³-hybridized carbons (Fsp3) is 0.353. The second-order valence-corrected chi connectivity index (χ2v) is 5.14. The lowest BCUT2D eigenvalue weighted by Gasteiger charge is -2.32. The lowest BCUT2D eigenvalue weighted by molar-refractivity contribution is 0.0191. The molecule has 2 aromatic rings. The number of nitrogens with zero attached hydrogens (tertiary/aromatic N) is 2. The first-order valence-corrected chi connectivity index (χ1v) is 7.19. The SMILES string of the molecule is C[C@@H](c1cccc(-c2ccccc2)n1)N1CCOCC1. The number of rotatable bonds is 3. The fourth-order valence-electron chi connectivity index (χ4n) is 2.61. The zero-order valence-electron chi connectivity index (χ0n) is 11.8. The second-order valence-electron chi connectivity index (χ2n) is 5.14. The van der Waals surface area contributed by atoms with Crippen LogP contribution in [0.3, 0.4) is 0 Å². The predicted molar refractivity (Wildman–Crippen MR) is 80.5 cm³/mol. The summed E-state index contributed by atoms with van der Waals surface area (Å²) in [6, 6.07) is 17.0. The van der Waals surface area contributed by atoms with Crippen molar-refractivity contribution in [1.29, 1.82) is 0 Å². The summed E-state index contributed by atoms with van der Waals surface area (Å²) in [6.07, 6.45) is 0. The molecule has 0 amide bonds. The molecule has 3 nitrogen and oxygen atoms in total. The van der Waals surface area contributed by atoms with Crippen LogP contribution >= 0.6 is 0 Å². The Labute approximate surface area is 120 Å². The minimum Gasteiger partial charge on any atom is -0.379 e. The number of ether oxygens (including phenoxy) is 1. The van der Waals surface area contributed by atoms with E-state index in [0.717, 1.165) is 37.7 Å². The van der Waals surface area contributed by atoms with E-state index in [-0.39, 0.29) is 0 Å². The Morgan fingerprint density at radius 2 is 1.75 bits per heavy atom. The van der Waals surface area contributed by atoms with Crippen molar-refractivity contribution in [3.05, 3.63) is 54.2 Å². The molecule has 0 N–H and O–H groups in total. The van der Waals surface area contributed by atoms with Crippen LogP contribution in [0, 0.1) is 0 Å². The molecular formula is C17H20N2O. The van der Waals surface area contributed by atoms with Crippen molar-refractivity contribution in [2.75, 3.05) is 26.3 Å². The first kappa shape index (κ1) is 13.3. The molecule has 20 heavy (non-hydrogen) atoms. The lowest BCUT2D eigenvalue weighted by Crippen LogP contribution is -2.38. The highest BCUT2D eigenvalue weighted by atomic mass is 16.5. The zero-order valence-corrected chi connectivity index (χ0v) is 11.8. The molecule has 1 aliphatic rings. The van der Waals surface area contributed by atoms with Gasteiger partial charge in [-0.05, 0) is 19.1 Å². The molecule has 1 aromatic heterocycles. The van der Waals surface area contributed by atoms with Crippen LogP contribution in [-0.2, 0) is 4.74 Å². The molecule has 0 bridgehead atoms. The van der Waals surface area contributed by atoms with Crippen LogP contribution in [0.2, 0.25) is 0 Å². The molecule has 3 heteroatoms. The minimum atomic E-state index is 0.336. The molecule has 0 radical (unpaired) electrons. The van der Waals surface area contributed by atoms with E-state index in [4.69, 9.17) is 9.72 Å². The van der Waals surface area contributed by atoms with Gasteiger partial charge < -0.3 is 4.74 Å². The molecule has 1 fully saturated rings. The number of benzene rings is 1. The maximum Gasteiger partial charge on any atom is 0.0706 e. The van der Waals surface area contributed by atoms with Crippen molar-refractivity contribution in [3.8, 4) is 11.3 Å². The third-order valence-corrected chi connectivity index (χ3v) is 3.86. The number of morpholine rings is 1. The highest BCUT2D eigenvalue weighted by Gasteiger charge is 2.19. The van der Waals surface area contributed by atoms with E-state index in [1.807, 2.05) is 6.07 Å². The van der Waals surface area contributed by atoms with Gasteiger partial charge in [0.1, 0.15) is 0 Å². The van der Waals surface area contributed by atoms with E-state index in [9.17, 15) is 0 Å². The Hall–Kier alpha value is -1.71. The number of hydrogen-bond acceptors (Lipinski definition) is 3. The van der Waals surface area contributed by atoms with E-state index < -0.39 is 0 Å². The normalized spacial score (nSPS) is 17.9. The zero-order chi connectivity index (χ0) is 13.8. The Morgan fingerprint density at radius 3 is 2.50 bits per heavy atom. The minimum absolute atomic E-state index is 0.336. The van der Waals surface area contributed by atoms with Crippen LogP contribution in [0.15, 0.2) is 48.5 Å². The number of aromatic nitrogens is 1. The van der Waals surface area contributed by atoms with Gasteiger partial charge in [-0.3, -0.25) is 9.88 Å². The van der Waals surface area contributed by atoms with Crippen LogP contribution in [-0.4, -0.2) is 36.2 Å². The topological polar surface area (TPSA) is 25.4 Å². The highest BCUT2D eigenvalue weighted by molar-refractivity contribution is 5.58. The molecule has 1 saturated heterocycles. The summed E-state index contributed by atoms with van der Waals surface area (Å²) in [4.78, 5) is 7.27. The summed E-state index contributed by atoms with van der Waals surface area (Å²) in [6.45, 7) is 5.84. The molecular weight excluding hydrogens is 248 g/mol. The van der Waals surface area contributed by atoms with Gasteiger partial charge in [0.15, 0.2) is 0 Å². The summed E-state index contributed by atoms with van der Waals surface area (Å²) in [5.41, 5.74) is 3.35. The van der Waals surface area contributed by atoms with Crippen molar-refractivity contribution in [2.24, 2.45) is 0 Å². The maximum atomic E-state index is 5.42. The lowest BCUT2D eigenvalue weighted by atomic mass is 10.1. The first-order chi connectivity index (χ1) is 9.84. The average molecular weight is 268 g/mol. The summed E-state index contributed by atoms with van der Waals surface area (Å²) < 4.78 is 5.42. The molecule has 3 rings (SSSR count). The summed E-state index contributed by atoms with van der Waals surface area (Å²) in [5.74, 6) is 0. The van der Waals surface area contributed by atoms with Crippen LogP contribution in [0.4, 0.5) is 0 Å². The molecule has 1 aromatic carbocycles. The molecule has 0 unspecified atom stereocenters.